The van der Waals surface area contributed by atoms with Crippen molar-refractivity contribution in [3.8, 4) is 5.88 Å². The number of anilines is 1. The zero-order valence-corrected chi connectivity index (χ0v) is 29.6. The molecule has 0 radical (unpaired) electrons. The molecule has 2 aromatic heterocycles. The van der Waals surface area contributed by atoms with Gasteiger partial charge in [-0.2, -0.15) is 9.97 Å². The Labute approximate surface area is 274 Å². The van der Waals surface area contributed by atoms with E-state index in [-0.39, 0.29) is 53.6 Å². The minimum absolute atomic E-state index is 0.0934. The fourth-order valence-electron chi connectivity index (χ4n) is 4.40. The van der Waals surface area contributed by atoms with Crippen LogP contribution in [0.4, 0.5) is 10.3 Å². The van der Waals surface area contributed by atoms with Gasteiger partial charge in [-0.1, -0.05) is 41.5 Å². The monoisotopic (exact) mass is 689 g/mol. The first-order valence-electron chi connectivity index (χ1n) is 15.4. The zero-order chi connectivity index (χ0) is 35.5. The van der Waals surface area contributed by atoms with Crippen molar-refractivity contribution in [2.75, 3.05) is 32.2 Å². The normalized spacial score (nSPS) is 23.4. The fraction of sp³-hybridized carbons (Fsp3) is 0.759. The van der Waals surface area contributed by atoms with E-state index in [1.165, 1.54) is 24.7 Å². The van der Waals surface area contributed by atoms with Crippen LogP contribution < -0.4 is 20.6 Å². The number of nitrogens with two attached hydrogens (primary N) is 1. The van der Waals surface area contributed by atoms with Crippen LogP contribution in [-0.4, -0.2) is 93.0 Å². The molecule has 266 valence electrons. The number of ether oxygens (including phenoxy) is 4. The molecule has 0 spiro atoms. The van der Waals surface area contributed by atoms with Crippen molar-refractivity contribution in [3.05, 3.63) is 6.33 Å². The van der Waals surface area contributed by atoms with Gasteiger partial charge in [0.05, 0.1) is 32.8 Å². The molecule has 1 aliphatic rings. The third kappa shape index (κ3) is 10.0. The summed E-state index contributed by atoms with van der Waals surface area (Å²) in [6.45, 7) is 16.8. The highest BCUT2D eigenvalue weighted by Crippen LogP contribution is 2.46. The Morgan fingerprint density at radius 3 is 2.13 bits per heavy atom. The van der Waals surface area contributed by atoms with E-state index in [0.29, 0.717) is 0 Å². The molecule has 0 unspecified atom stereocenters. The summed E-state index contributed by atoms with van der Waals surface area (Å²) in [7, 11) is -4.32. The van der Waals surface area contributed by atoms with Crippen molar-refractivity contribution in [2.45, 2.75) is 105 Å². The number of imidazole rings is 1. The lowest BCUT2D eigenvalue weighted by Crippen LogP contribution is -2.44. The molecule has 3 heterocycles. The van der Waals surface area contributed by atoms with E-state index in [1.54, 1.807) is 6.92 Å². The molecule has 3 rings (SSSR count). The van der Waals surface area contributed by atoms with E-state index in [0.717, 1.165) is 6.92 Å². The van der Waals surface area contributed by atoms with E-state index >= 15 is 4.39 Å². The molecule has 16 nitrogen and oxygen atoms in total. The average Bonchev–Trinajstić information content (AvgIpc) is 3.45. The molecule has 18 heteroatoms. The molecule has 6 atom stereocenters. The van der Waals surface area contributed by atoms with Crippen molar-refractivity contribution in [1.29, 1.82) is 0 Å². The molecular formula is C29H49FN7O9P. The maximum Gasteiger partial charge on any atom is 0.342 e. The zero-order valence-electron chi connectivity index (χ0n) is 28.7. The summed E-state index contributed by atoms with van der Waals surface area (Å²) in [6, 6.07) is -2.33. The molecule has 0 aliphatic carbocycles. The lowest BCUT2D eigenvalue weighted by molar-refractivity contribution is -0.148. The van der Waals surface area contributed by atoms with Crippen LogP contribution in [0.2, 0.25) is 0 Å². The Morgan fingerprint density at radius 2 is 1.64 bits per heavy atom. The van der Waals surface area contributed by atoms with Crippen molar-refractivity contribution in [1.82, 2.24) is 29.7 Å². The number of hydrogen-bond donors (Lipinski definition) is 4. The lowest BCUT2D eigenvalue weighted by atomic mass is 9.98. The summed E-state index contributed by atoms with van der Waals surface area (Å²) in [5, 5.41) is 16.2. The smallest absolute Gasteiger partial charge is 0.342 e. The number of aliphatic hydroxyl groups excluding tert-OH is 1. The van der Waals surface area contributed by atoms with Gasteiger partial charge in [-0.25, -0.2) is 19.5 Å². The van der Waals surface area contributed by atoms with Gasteiger partial charge in [-0.15, -0.1) is 0 Å². The first-order chi connectivity index (χ1) is 21.6. The highest BCUT2D eigenvalue weighted by Gasteiger charge is 2.56. The molecule has 47 heavy (non-hydrogen) atoms. The SMILES string of the molecule is CCOc1nc(N)nc2c1ncn2[C@@H]1O[C@H](COP(=O)(N[C@H](C)C(=O)OCC(C)(C)C)N[C@H](C)C(=O)OCC(C)(C)C)[C@@H](O)[C@@]1(C)F. The number of alkyl halides is 1. The van der Waals surface area contributed by atoms with Gasteiger partial charge in [0.15, 0.2) is 23.1 Å². The van der Waals surface area contributed by atoms with Crippen molar-refractivity contribution < 1.29 is 47.1 Å². The average molecular weight is 690 g/mol. The molecule has 1 saturated heterocycles. The summed E-state index contributed by atoms with van der Waals surface area (Å²) in [4.78, 5) is 37.9. The number of fused-ring (bicyclic) bond motifs is 1. The topological polar surface area (TPSA) is 211 Å². The number of aromatic nitrogens is 4. The quantitative estimate of drug-likeness (QED) is 0.166. The number of nitrogen functional groups attached to an aromatic ring is 1. The molecule has 1 aliphatic heterocycles. The Bertz CT molecular complexity index is 1420. The van der Waals surface area contributed by atoms with Gasteiger partial charge >= 0.3 is 19.6 Å². The van der Waals surface area contributed by atoms with Gasteiger partial charge in [0, 0.05) is 0 Å². The lowest BCUT2D eigenvalue weighted by Gasteiger charge is -2.28. The molecule has 0 saturated carbocycles. The number of esters is 2. The predicted molar refractivity (Wildman–Crippen MR) is 170 cm³/mol. The molecule has 1 fully saturated rings. The van der Waals surface area contributed by atoms with Crippen LogP contribution in [-0.2, 0) is 32.9 Å². The van der Waals surface area contributed by atoms with Crippen LogP contribution >= 0.6 is 7.67 Å². The molecule has 2 aromatic rings. The molecular weight excluding hydrogens is 640 g/mol. The van der Waals surface area contributed by atoms with Crippen molar-refractivity contribution in [3.63, 3.8) is 0 Å². The Balaban J connectivity index is 1.83. The second-order valence-electron chi connectivity index (χ2n) is 14.2. The van der Waals surface area contributed by atoms with E-state index in [2.05, 4.69) is 25.1 Å². The Morgan fingerprint density at radius 1 is 1.11 bits per heavy atom. The molecule has 5 N–H and O–H groups in total. The van der Waals surface area contributed by atoms with Gasteiger partial charge in [0.2, 0.25) is 11.8 Å². The maximum atomic E-state index is 16.2. The highest BCUT2D eigenvalue weighted by molar-refractivity contribution is 7.54. The van der Waals surface area contributed by atoms with E-state index in [1.807, 2.05) is 41.5 Å². The highest BCUT2D eigenvalue weighted by atomic mass is 31.2. The number of nitrogens with one attached hydrogen (secondary N) is 2. The minimum Gasteiger partial charge on any atom is -0.476 e. The number of rotatable bonds is 14. The number of carbonyl (C=O) groups excluding carboxylic acids is 2. The second-order valence-corrected chi connectivity index (χ2v) is 16.0. The number of nitrogens with zero attached hydrogens (tertiary/aromatic N) is 4. The summed E-state index contributed by atoms with van der Waals surface area (Å²) in [5.74, 6) is -1.50. The van der Waals surface area contributed by atoms with Crippen molar-refractivity contribution in [2.24, 2.45) is 10.8 Å². The van der Waals surface area contributed by atoms with E-state index in [9.17, 15) is 19.3 Å². The summed E-state index contributed by atoms with van der Waals surface area (Å²) in [6.07, 6.45) is -3.38. The standard InChI is InChI=1S/C29H49FN7O9P/c1-11-42-22-19-21(33-26(31)34-22)37(15-32-19)25-29(10,30)20(38)18(46-25)12-45-47(41,35-16(2)23(39)43-13-27(4,5)6)36-17(3)24(40)44-14-28(7,8)9/h15-18,20,25,38H,11-14H2,1-10H3,(H2,31,33,34)(H2,35,36,41)/t16-,17-,18-,20-,25-,29-/m1/s1. The number of hydrogen-bond acceptors (Lipinski definition) is 13. The van der Waals surface area contributed by atoms with Gasteiger partial charge in [-0.05, 0) is 38.5 Å². The molecule has 0 bridgehead atoms. The second kappa shape index (κ2) is 14.7. The molecule has 0 amide bonds. The van der Waals surface area contributed by atoms with Crippen LogP contribution in [0.25, 0.3) is 11.2 Å². The van der Waals surface area contributed by atoms with E-state index in [4.69, 9.17) is 29.2 Å². The molecule has 0 aromatic carbocycles. The number of halogens is 1. The van der Waals surface area contributed by atoms with Gasteiger partial charge in [0.25, 0.3) is 0 Å². The van der Waals surface area contributed by atoms with Gasteiger partial charge in [-0.3, -0.25) is 18.7 Å². The predicted octanol–water partition coefficient (Wildman–Crippen LogP) is 3.05. The maximum absolute atomic E-state index is 16.2. The van der Waals surface area contributed by atoms with Crippen LogP contribution in [0.3, 0.4) is 0 Å². The van der Waals surface area contributed by atoms with Crippen LogP contribution in [0.5, 0.6) is 5.88 Å². The first-order valence-corrected chi connectivity index (χ1v) is 17.0. The summed E-state index contributed by atoms with van der Waals surface area (Å²) in [5.41, 5.74) is 3.07. The van der Waals surface area contributed by atoms with Crippen LogP contribution in [0.1, 0.15) is 75.5 Å². The third-order valence-corrected chi connectivity index (χ3v) is 8.77. The largest absolute Gasteiger partial charge is 0.476 e. The van der Waals surface area contributed by atoms with Crippen LogP contribution in [0.15, 0.2) is 6.33 Å². The third-order valence-electron chi connectivity index (χ3n) is 6.81. The Kier molecular flexibility index (Phi) is 12.0. The van der Waals surface area contributed by atoms with Gasteiger partial charge in [0.1, 0.15) is 24.3 Å². The number of carbonyl (C=O) groups is 2. The summed E-state index contributed by atoms with van der Waals surface area (Å²) >= 11 is 0. The summed E-state index contributed by atoms with van der Waals surface area (Å²) < 4.78 is 59.3. The van der Waals surface area contributed by atoms with E-state index < -0.39 is 62.4 Å². The minimum atomic E-state index is -4.32. The van der Waals surface area contributed by atoms with Crippen molar-refractivity contribution >= 4 is 36.7 Å². The van der Waals surface area contributed by atoms with Crippen LogP contribution in [0, 0.1) is 10.8 Å². The number of aliphatic hydroxyl groups is 1. The van der Waals surface area contributed by atoms with Gasteiger partial charge < -0.3 is 34.3 Å². The Hall–Kier alpha value is -2.95. The first kappa shape index (κ1) is 38.5. The fourth-order valence-corrected chi connectivity index (χ4v) is 6.21.